The van der Waals surface area contributed by atoms with E-state index in [1.165, 1.54) is 10.9 Å². The van der Waals surface area contributed by atoms with E-state index in [2.05, 4.69) is 10.3 Å². The summed E-state index contributed by atoms with van der Waals surface area (Å²) in [5.41, 5.74) is 4.95. The van der Waals surface area contributed by atoms with Crippen LogP contribution in [0.4, 0.5) is 5.69 Å². The number of para-hydroxylation sites is 3. The molecule has 158 valence electrons. The number of hydrogen-bond donors (Lipinski definition) is 1. The minimum Gasteiger partial charge on any atom is -0.327 e. The summed E-state index contributed by atoms with van der Waals surface area (Å²) in [5.74, 6) is 0.560. The second-order valence-corrected chi connectivity index (χ2v) is 7.76. The summed E-state index contributed by atoms with van der Waals surface area (Å²) in [4.78, 5) is 34.3. The van der Waals surface area contributed by atoms with Gasteiger partial charge < -0.3 is 9.88 Å². The van der Waals surface area contributed by atoms with E-state index in [1.54, 1.807) is 6.07 Å². The van der Waals surface area contributed by atoms with Crippen LogP contribution in [0.1, 0.15) is 5.56 Å². The Morgan fingerprint density at radius 1 is 1.00 bits per heavy atom. The molecule has 32 heavy (non-hydrogen) atoms. The molecule has 5 rings (SSSR count). The fraction of sp³-hybridized carbons (Fsp3) is 0.120. The van der Waals surface area contributed by atoms with Gasteiger partial charge in [0.15, 0.2) is 0 Å². The smallest absolute Gasteiger partial charge is 0.261 e. The van der Waals surface area contributed by atoms with Gasteiger partial charge in [0.25, 0.3) is 5.56 Å². The molecular weight excluding hydrogens is 402 g/mol. The molecule has 0 spiro atoms. The van der Waals surface area contributed by atoms with Crippen molar-refractivity contribution < 1.29 is 4.79 Å². The fourth-order valence-electron chi connectivity index (χ4n) is 3.91. The highest BCUT2D eigenvalue weighted by atomic mass is 16.2. The molecule has 0 unspecified atom stereocenters. The molecule has 0 saturated heterocycles. The number of fused-ring (bicyclic) bond motifs is 2. The van der Waals surface area contributed by atoms with E-state index in [9.17, 15) is 9.59 Å². The molecule has 2 heterocycles. The molecule has 0 bridgehead atoms. The van der Waals surface area contributed by atoms with Gasteiger partial charge in [-0.15, -0.1) is 0 Å². The van der Waals surface area contributed by atoms with Crippen LogP contribution >= 0.6 is 0 Å². The van der Waals surface area contributed by atoms with Crippen LogP contribution < -0.4 is 10.9 Å². The largest absolute Gasteiger partial charge is 0.327 e. The highest BCUT2D eigenvalue weighted by Gasteiger charge is 2.11. The third-order valence-electron chi connectivity index (χ3n) is 5.58. The number of benzene rings is 3. The highest BCUT2D eigenvalue weighted by Crippen LogP contribution is 2.24. The minimum absolute atomic E-state index is 0.109. The zero-order valence-corrected chi connectivity index (χ0v) is 17.7. The second kappa shape index (κ2) is 7.77. The van der Waals surface area contributed by atoms with E-state index in [-0.39, 0.29) is 18.0 Å². The van der Waals surface area contributed by atoms with Gasteiger partial charge in [0, 0.05) is 18.3 Å². The normalized spacial score (nSPS) is 11.2. The van der Waals surface area contributed by atoms with Gasteiger partial charge in [0.2, 0.25) is 5.91 Å². The van der Waals surface area contributed by atoms with Crippen molar-refractivity contribution in [1.29, 1.82) is 0 Å². The number of carbonyl (C=O) groups excluding carboxylic acids is 1. The predicted octanol–water partition coefficient (Wildman–Crippen LogP) is 3.90. The Labute approximate surface area is 184 Å². The van der Waals surface area contributed by atoms with E-state index in [0.29, 0.717) is 16.6 Å². The van der Waals surface area contributed by atoms with Crippen LogP contribution in [0.3, 0.4) is 0 Å². The minimum atomic E-state index is -0.295. The van der Waals surface area contributed by atoms with Crippen LogP contribution in [-0.2, 0) is 18.4 Å². The molecule has 0 radical (unpaired) electrons. The van der Waals surface area contributed by atoms with Gasteiger partial charge in [0.1, 0.15) is 12.4 Å². The number of aryl methyl sites for hydroxylation is 2. The molecule has 0 aliphatic rings. The van der Waals surface area contributed by atoms with Crippen molar-refractivity contribution in [3.63, 3.8) is 0 Å². The topological polar surface area (TPSA) is 81.8 Å². The lowest BCUT2D eigenvalue weighted by atomic mass is 10.1. The molecule has 0 aliphatic heterocycles. The number of nitrogens with zero attached hydrogens (tertiary/aromatic N) is 4. The molecule has 7 heteroatoms. The Morgan fingerprint density at radius 3 is 2.56 bits per heavy atom. The zero-order valence-electron chi connectivity index (χ0n) is 17.7. The third kappa shape index (κ3) is 3.43. The highest BCUT2D eigenvalue weighted by molar-refractivity contribution is 5.91. The first-order valence-electron chi connectivity index (χ1n) is 10.3. The van der Waals surface area contributed by atoms with Gasteiger partial charge in [-0.25, -0.2) is 9.97 Å². The molecule has 0 saturated carbocycles. The number of hydrogen-bond acceptors (Lipinski definition) is 4. The first kappa shape index (κ1) is 19.7. The van der Waals surface area contributed by atoms with Gasteiger partial charge in [-0.1, -0.05) is 24.3 Å². The van der Waals surface area contributed by atoms with E-state index in [4.69, 9.17) is 4.98 Å². The van der Waals surface area contributed by atoms with Crippen molar-refractivity contribution in [2.24, 2.45) is 7.05 Å². The zero-order chi connectivity index (χ0) is 22.2. The summed E-state index contributed by atoms with van der Waals surface area (Å²) in [5, 5.41) is 3.35. The summed E-state index contributed by atoms with van der Waals surface area (Å²) in [6, 6.07) is 20.9. The quantitative estimate of drug-likeness (QED) is 0.475. The summed E-state index contributed by atoms with van der Waals surface area (Å²) >= 11 is 0. The number of anilines is 1. The average Bonchev–Trinajstić information content (AvgIpc) is 3.13. The number of carbonyl (C=O) groups is 1. The first-order valence-corrected chi connectivity index (χ1v) is 10.3. The van der Waals surface area contributed by atoms with Crippen molar-refractivity contribution in [2.45, 2.75) is 13.5 Å². The molecule has 0 aliphatic carbocycles. The SMILES string of the molecule is Cc1cccc2c(=O)n(CC(=O)Nc3ccc(-c4nc5ccccc5n4C)cc3)cnc12. The molecular formula is C25H21N5O2. The molecule has 5 aromatic rings. The Kier molecular flexibility index (Phi) is 4.78. The van der Waals surface area contributed by atoms with E-state index in [1.807, 2.05) is 79.2 Å². The molecule has 0 atom stereocenters. The van der Waals surface area contributed by atoms with E-state index < -0.39 is 0 Å². The van der Waals surface area contributed by atoms with Crippen molar-refractivity contribution in [3.05, 3.63) is 89.0 Å². The van der Waals surface area contributed by atoms with Crippen molar-refractivity contribution in [2.75, 3.05) is 5.32 Å². The monoisotopic (exact) mass is 423 g/mol. The number of aromatic nitrogens is 4. The molecule has 3 aromatic carbocycles. The lowest BCUT2D eigenvalue weighted by Crippen LogP contribution is -2.28. The summed E-state index contributed by atoms with van der Waals surface area (Å²) < 4.78 is 3.37. The van der Waals surface area contributed by atoms with Crippen LogP contribution in [0.15, 0.2) is 77.9 Å². The number of nitrogens with one attached hydrogen (secondary N) is 1. The van der Waals surface area contributed by atoms with Crippen molar-refractivity contribution in [3.8, 4) is 11.4 Å². The predicted molar refractivity (Wildman–Crippen MR) is 126 cm³/mol. The van der Waals surface area contributed by atoms with Gasteiger partial charge in [-0.05, 0) is 55.0 Å². The van der Waals surface area contributed by atoms with Crippen LogP contribution in [0.25, 0.3) is 33.3 Å². The lowest BCUT2D eigenvalue weighted by Gasteiger charge is -2.09. The van der Waals surface area contributed by atoms with Gasteiger partial charge in [-0.3, -0.25) is 14.2 Å². The van der Waals surface area contributed by atoms with Gasteiger partial charge >= 0.3 is 0 Å². The molecule has 7 nitrogen and oxygen atoms in total. The molecule has 1 N–H and O–H groups in total. The van der Waals surface area contributed by atoms with E-state index in [0.717, 1.165) is 28.0 Å². The number of amides is 1. The molecule has 1 amide bonds. The number of rotatable bonds is 4. The Morgan fingerprint density at radius 2 is 1.78 bits per heavy atom. The lowest BCUT2D eigenvalue weighted by molar-refractivity contribution is -0.116. The Balaban J connectivity index is 1.34. The Hall–Kier alpha value is -4.26. The molecule has 0 fully saturated rings. The second-order valence-electron chi connectivity index (χ2n) is 7.76. The van der Waals surface area contributed by atoms with Crippen molar-refractivity contribution in [1.82, 2.24) is 19.1 Å². The standard InChI is InChI=1S/C25H21N5O2/c1-16-6-5-7-19-23(16)26-15-30(25(19)32)14-22(31)27-18-12-10-17(11-13-18)24-28-20-8-3-4-9-21(20)29(24)2/h3-13,15H,14H2,1-2H3,(H,27,31). The Bertz CT molecular complexity index is 1530. The molecule has 2 aromatic heterocycles. The third-order valence-corrected chi connectivity index (χ3v) is 5.58. The fourth-order valence-corrected chi connectivity index (χ4v) is 3.91. The van der Waals surface area contributed by atoms with Crippen LogP contribution in [0, 0.1) is 6.92 Å². The maximum Gasteiger partial charge on any atom is 0.261 e. The van der Waals surface area contributed by atoms with Crippen LogP contribution in [0.2, 0.25) is 0 Å². The first-order chi connectivity index (χ1) is 15.5. The summed E-state index contributed by atoms with van der Waals surface area (Å²) in [6.07, 6.45) is 1.42. The maximum absolute atomic E-state index is 12.7. The average molecular weight is 423 g/mol. The van der Waals surface area contributed by atoms with E-state index >= 15 is 0 Å². The van der Waals surface area contributed by atoms with Crippen molar-refractivity contribution >= 4 is 33.5 Å². The summed E-state index contributed by atoms with van der Waals surface area (Å²) in [6.45, 7) is 1.80. The number of imidazole rings is 1. The van der Waals surface area contributed by atoms with Crippen LogP contribution in [-0.4, -0.2) is 25.0 Å². The summed E-state index contributed by atoms with van der Waals surface area (Å²) in [7, 11) is 1.98. The maximum atomic E-state index is 12.7. The van der Waals surface area contributed by atoms with Gasteiger partial charge in [0.05, 0.1) is 28.3 Å². The van der Waals surface area contributed by atoms with Gasteiger partial charge in [-0.2, -0.15) is 0 Å². The van der Waals surface area contributed by atoms with Crippen LogP contribution in [0.5, 0.6) is 0 Å².